The van der Waals surface area contributed by atoms with Crippen LogP contribution in [0.15, 0.2) is 42.5 Å². The number of benzene rings is 2. The second-order valence-electron chi connectivity index (χ2n) is 6.25. The van der Waals surface area contributed by atoms with Crippen LogP contribution in [0.1, 0.15) is 18.9 Å². The molecule has 2 amide bonds. The number of rotatable bonds is 5. The predicted octanol–water partition coefficient (Wildman–Crippen LogP) is 3.52. The lowest BCUT2D eigenvalue weighted by molar-refractivity contribution is -0.122. The lowest BCUT2D eigenvalue weighted by Gasteiger charge is -2.20. The van der Waals surface area contributed by atoms with Crippen molar-refractivity contribution in [1.82, 2.24) is 0 Å². The Labute approximate surface area is 151 Å². The quantitative estimate of drug-likeness (QED) is 0.892. The van der Waals surface area contributed by atoms with E-state index < -0.39 is 11.7 Å². The first-order valence-corrected chi connectivity index (χ1v) is 8.58. The van der Waals surface area contributed by atoms with Crippen LogP contribution < -0.4 is 15.0 Å². The van der Waals surface area contributed by atoms with E-state index in [9.17, 15) is 14.0 Å². The van der Waals surface area contributed by atoms with Crippen molar-refractivity contribution in [2.24, 2.45) is 5.92 Å². The van der Waals surface area contributed by atoms with Crippen molar-refractivity contribution in [2.75, 3.05) is 23.4 Å². The van der Waals surface area contributed by atoms with Crippen LogP contribution in [0.25, 0.3) is 0 Å². The fourth-order valence-electron chi connectivity index (χ4n) is 3.04. The van der Waals surface area contributed by atoms with E-state index in [4.69, 9.17) is 4.74 Å². The molecule has 1 aliphatic rings. The van der Waals surface area contributed by atoms with Gasteiger partial charge in [-0.15, -0.1) is 0 Å². The van der Waals surface area contributed by atoms with E-state index in [0.717, 1.165) is 5.56 Å². The summed E-state index contributed by atoms with van der Waals surface area (Å²) in [6, 6.07) is 11.5. The molecule has 6 heteroatoms. The van der Waals surface area contributed by atoms with Gasteiger partial charge in [-0.1, -0.05) is 18.2 Å². The monoisotopic (exact) mass is 356 g/mol. The van der Waals surface area contributed by atoms with Gasteiger partial charge in [-0.2, -0.15) is 0 Å². The molecule has 1 N–H and O–H groups in total. The average Bonchev–Trinajstić information content (AvgIpc) is 3.01. The van der Waals surface area contributed by atoms with Crippen molar-refractivity contribution < 1.29 is 18.7 Å². The third-order valence-corrected chi connectivity index (χ3v) is 4.41. The number of anilines is 2. The predicted molar refractivity (Wildman–Crippen MR) is 97.8 cm³/mol. The van der Waals surface area contributed by atoms with Gasteiger partial charge in [-0.05, 0) is 43.7 Å². The normalized spacial score (nSPS) is 16.7. The molecule has 0 saturated carbocycles. The number of nitrogens with one attached hydrogen (secondary N) is 1. The van der Waals surface area contributed by atoms with Gasteiger partial charge in [0.1, 0.15) is 11.6 Å². The molecular formula is C20H21FN2O3. The zero-order valence-corrected chi connectivity index (χ0v) is 14.8. The third-order valence-electron chi connectivity index (χ3n) is 4.41. The highest BCUT2D eigenvalue weighted by Gasteiger charge is 2.36. The Hall–Kier alpha value is -2.89. The highest BCUT2D eigenvalue weighted by Crippen LogP contribution is 2.33. The minimum atomic E-state index is -0.500. The number of ether oxygens (including phenoxy) is 1. The van der Waals surface area contributed by atoms with E-state index in [1.165, 1.54) is 12.1 Å². The van der Waals surface area contributed by atoms with E-state index in [0.29, 0.717) is 23.7 Å². The highest BCUT2D eigenvalue weighted by molar-refractivity contribution is 6.04. The molecule has 0 radical (unpaired) electrons. The molecule has 2 aromatic rings. The van der Waals surface area contributed by atoms with Crippen molar-refractivity contribution in [1.29, 1.82) is 0 Å². The second-order valence-corrected chi connectivity index (χ2v) is 6.25. The van der Waals surface area contributed by atoms with Crippen LogP contribution in [0.5, 0.6) is 5.75 Å². The molecule has 1 fully saturated rings. The summed E-state index contributed by atoms with van der Waals surface area (Å²) in [5, 5.41) is 2.74. The van der Waals surface area contributed by atoms with Crippen LogP contribution in [0, 0.1) is 18.7 Å². The van der Waals surface area contributed by atoms with Crippen LogP contribution in [-0.4, -0.2) is 25.0 Å². The largest absolute Gasteiger partial charge is 0.492 e. The standard InChI is InChI=1S/C20H21FN2O3/c1-3-26-18-7-5-4-6-17(18)23-12-14(10-19(23)24)20(25)22-16-11-15(21)9-8-13(16)2/h4-9,11,14H,3,10,12H2,1-2H3,(H,22,25)/t14-/m1/s1. The zero-order valence-electron chi connectivity index (χ0n) is 14.8. The Bertz CT molecular complexity index is 838. The summed E-state index contributed by atoms with van der Waals surface area (Å²) in [5.41, 5.74) is 1.86. The number of nitrogens with zero attached hydrogens (tertiary/aromatic N) is 1. The van der Waals surface area contributed by atoms with Gasteiger partial charge < -0.3 is 15.0 Å². The maximum Gasteiger partial charge on any atom is 0.229 e. The summed E-state index contributed by atoms with van der Waals surface area (Å²) in [4.78, 5) is 26.6. The number of carbonyl (C=O) groups is 2. The van der Waals surface area contributed by atoms with Crippen LogP contribution in [0.2, 0.25) is 0 Å². The second kappa shape index (κ2) is 7.56. The molecule has 136 valence electrons. The third kappa shape index (κ3) is 3.69. The molecule has 0 spiro atoms. The molecule has 5 nitrogen and oxygen atoms in total. The topological polar surface area (TPSA) is 58.6 Å². The number of aryl methyl sites for hydroxylation is 1. The molecular weight excluding hydrogens is 335 g/mol. The number of halogens is 1. The number of para-hydroxylation sites is 2. The average molecular weight is 356 g/mol. The molecule has 3 rings (SSSR count). The number of amides is 2. The molecule has 1 atom stereocenters. The Morgan fingerprint density at radius 2 is 2.08 bits per heavy atom. The molecule has 0 unspecified atom stereocenters. The minimum Gasteiger partial charge on any atom is -0.492 e. The summed E-state index contributed by atoms with van der Waals surface area (Å²) in [6.45, 7) is 4.42. The molecule has 0 aromatic heterocycles. The van der Waals surface area contributed by atoms with Crippen molar-refractivity contribution in [3.8, 4) is 5.75 Å². The summed E-state index contributed by atoms with van der Waals surface area (Å²) in [6.07, 6.45) is 0.112. The minimum absolute atomic E-state index is 0.112. The zero-order chi connectivity index (χ0) is 18.7. The lowest BCUT2D eigenvalue weighted by Crippen LogP contribution is -2.28. The maximum atomic E-state index is 13.4. The molecule has 1 saturated heterocycles. The van der Waals surface area contributed by atoms with Crippen LogP contribution in [-0.2, 0) is 9.59 Å². The Balaban J connectivity index is 1.75. The van der Waals surface area contributed by atoms with E-state index in [1.54, 1.807) is 30.0 Å². The molecule has 0 bridgehead atoms. The van der Waals surface area contributed by atoms with Crippen molar-refractivity contribution in [3.63, 3.8) is 0 Å². The number of hydrogen-bond acceptors (Lipinski definition) is 3. The van der Waals surface area contributed by atoms with Crippen molar-refractivity contribution in [3.05, 3.63) is 53.8 Å². The first kappa shape index (κ1) is 17.9. The Morgan fingerprint density at radius 1 is 1.31 bits per heavy atom. The van der Waals surface area contributed by atoms with Gasteiger partial charge in [0.25, 0.3) is 0 Å². The van der Waals surface area contributed by atoms with Crippen LogP contribution in [0.3, 0.4) is 0 Å². The highest BCUT2D eigenvalue weighted by atomic mass is 19.1. The summed E-state index contributed by atoms with van der Waals surface area (Å²) >= 11 is 0. The van der Waals surface area contributed by atoms with E-state index in [1.807, 2.05) is 19.1 Å². The van der Waals surface area contributed by atoms with Gasteiger partial charge in [0, 0.05) is 18.7 Å². The van der Waals surface area contributed by atoms with Gasteiger partial charge in [-0.3, -0.25) is 9.59 Å². The van der Waals surface area contributed by atoms with Gasteiger partial charge in [-0.25, -0.2) is 4.39 Å². The number of carbonyl (C=O) groups excluding carboxylic acids is 2. The smallest absolute Gasteiger partial charge is 0.229 e. The van der Waals surface area contributed by atoms with E-state index in [2.05, 4.69) is 5.32 Å². The van der Waals surface area contributed by atoms with Crippen LogP contribution >= 0.6 is 0 Å². The first-order valence-electron chi connectivity index (χ1n) is 8.58. The maximum absolute atomic E-state index is 13.4. The molecule has 1 aliphatic heterocycles. The summed E-state index contributed by atoms with van der Waals surface area (Å²) in [7, 11) is 0. The molecule has 0 aliphatic carbocycles. The van der Waals surface area contributed by atoms with Crippen molar-refractivity contribution >= 4 is 23.2 Å². The summed E-state index contributed by atoms with van der Waals surface area (Å²) < 4.78 is 19.0. The van der Waals surface area contributed by atoms with Gasteiger partial charge in [0.2, 0.25) is 11.8 Å². The van der Waals surface area contributed by atoms with E-state index >= 15 is 0 Å². The van der Waals surface area contributed by atoms with Gasteiger partial charge in [0.05, 0.1) is 18.2 Å². The SMILES string of the molecule is CCOc1ccccc1N1C[C@H](C(=O)Nc2cc(F)ccc2C)CC1=O. The van der Waals surface area contributed by atoms with Gasteiger partial charge >= 0.3 is 0 Å². The van der Waals surface area contributed by atoms with Crippen LogP contribution in [0.4, 0.5) is 15.8 Å². The lowest BCUT2D eigenvalue weighted by atomic mass is 10.1. The van der Waals surface area contributed by atoms with E-state index in [-0.39, 0.29) is 24.8 Å². The Morgan fingerprint density at radius 3 is 2.85 bits per heavy atom. The molecule has 2 aromatic carbocycles. The fourth-order valence-corrected chi connectivity index (χ4v) is 3.04. The van der Waals surface area contributed by atoms with Crippen molar-refractivity contribution in [2.45, 2.75) is 20.3 Å². The first-order chi connectivity index (χ1) is 12.5. The summed E-state index contributed by atoms with van der Waals surface area (Å²) in [5.74, 6) is -0.720. The fraction of sp³-hybridized carbons (Fsp3) is 0.300. The Kier molecular flexibility index (Phi) is 5.21. The van der Waals surface area contributed by atoms with Gasteiger partial charge in [0.15, 0.2) is 0 Å². The molecule has 26 heavy (non-hydrogen) atoms. The number of hydrogen-bond donors (Lipinski definition) is 1. The molecule has 1 heterocycles.